The summed E-state index contributed by atoms with van der Waals surface area (Å²) in [6.45, 7) is 19.3. The number of aliphatic hydroxyl groups is 1. The summed E-state index contributed by atoms with van der Waals surface area (Å²) >= 11 is 0. The van der Waals surface area contributed by atoms with E-state index in [1.807, 2.05) is 0 Å². The van der Waals surface area contributed by atoms with Crippen molar-refractivity contribution in [2.24, 2.45) is 0 Å². The molecule has 1 heteroatoms. The van der Waals surface area contributed by atoms with Gasteiger partial charge in [-0.05, 0) is 97.9 Å². The molecule has 0 spiro atoms. The maximum atomic E-state index is 11.0. The molecule has 3 rings (SSSR count). The van der Waals surface area contributed by atoms with Crippen molar-refractivity contribution in [2.45, 2.75) is 104 Å². The van der Waals surface area contributed by atoms with Crippen molar-refractivity contribution in [3.05, 3.63) is 106 Å². The predicted octanol–water partition coefficient (Wildman–Crippen LogP) is 9.88. The molecule has 1 N–H and O–H groups in total. The van der Waals surface area contributed by atoms with Crippen molar-refractivity contribution in [3.63, 3.8) is 0 Å². The average molecular weight is 521 g/mol. The Morgan fingerprint density at radius 3 is 1.85 bits per heavy atom. The molecule has 0 aliphatic rings. The minimum absolute atomic E-state index is 0.0590. The Bertz CT molecular complexity index is 1320. The number of aryl methyl sites for hydroxylation is 2. The highest BCUT2D eigenvalue weighted by Gasteiger charge is 2.31. The number of benzene rings is 3. The van der Waals surface area contributed by atoms with E-state index in [1.165, 1.54) is 44.5 Å². The third-order valence-corrected chi connectivity index (χ3v) is 8.29. The van der Waals surface area contributed by atoms with Gasteiger partial charge in [-0.3, -0.25) is 0 Å². The second-order valence-corrected chi connectivity index (χ2v) is 11.5. The summed E-state index contributed by atoms with van der Waals surface area (Å²) in [4.78, 5) is 0. The van der Waals surface area contributed by atoms with Gasteiger partial charge in [0, 0.05) is 11.0 Å². The molecule has 206 valence electrons. The molecule has 0 aromatic heterocycles. The van der Waals surface area contributed by atoms with E-state index in [-0.39, 0.29) is 5.41 Å². The summed E-state index contributed by atoms with van der Waals surface area (Å²) in [6, 6.07) is 22.7. The van der Waals surface area contributed by atoms with Gasteiger partial charge in [-0.1, -0.05) is 119 Å². The van der Waals surface area contributed by atoms with Crippen molar-refractivity contribution in [2.75, 3.05) is 0 Å². The van der Waals surface area contributed by atoms with Gasteiger partial charge in [0.15, 0.2) is 0 Å². The van der Waals surface area contributed by atoms with Crippen LogP contribution in [0.1, 0.15) is 107 Å². The van der Waals surface area contributed by atoms with Gasteiger partial charge in [0.1, 0.15) is 5.60 Å². The Hall–Kier alpha value is -3.08. The first kappa shape index (κ1) is 30.5. The van der Waals surface area contributed by atoms with E-state index in [4.69, 9.17) is 0 Å². The monoisotopic (exact) mass is 520 g/mol. The van der Waals surface area contributed by atoms with E-state index in [0.717, 1.165) is 37.7 Å². The van der Waals surface area contributed by atoms with Crippen LogP contribution in [0.4, 0.5) is 0 Å². The fourth-order valence-electron chi connectivity index (χ4n) is 6.03. The summed E-state index contributed by atoms with van der Waals surface area (Å²) in [7, 11) is 0. The molecule has 0 aliphatic heterocycles. The standard InChI is InChI=1S/C38H48O/c1-9-22-37(39,23-10-2)24-21-32-17-18-34(26-29(32)7)38(11-3,12-4)35-19-20-36(30(8)27-35)33-15-13-31(14-16-33)25-28(5)6/h13-20,26-27,39H,5,9-12,22-23,25H2,1-4,6-8H3. The third-order valence-electron chi connectivity index (χ3n) is 8.29. The highest BCUT2D eigenvalue weighted by atomic mass is 16.3. The zero-order valence-corrected chi connectivity index (χ0v) is 25.4. The van der Waals surface area contributed by atoms with Gasteiger partial charge in [0.2, 0.25) is 0 Å². The molecule has 0 bridgehead atoms. The van der Waals surface area contributed by atoms with E-state index < -0.39 is 5.60 Å². The molecule has 0 radical (unpaired) electrons. The minimum atomic E-state index is -0.893. The molecule has 0 fully saturated rings. The molecular weight excluding hydrogens is 472 g/mol. The van der Waals surface area contributed by atoms with E-state index >= 15 is 0 Å². The topological polar surface area (TPSA) is 20.2 Å². The van der Waals surface area contributed by atoms with Gasteiger partial charge in [-0.2, -0.15) is 0 Å². The van der Waals surface area contributed by atoms with Crippen LogP contribution in [-0.4, -0.2) is 10.7 Å². The second kappa shape index (κ2) is 13.3. The zero-order chi connectivity index (χ0) is 28.6. The Morgan fingerprint density at radius 1 is 0.795 bits per heavy atom. The summed E-state index contributed by atoms with van der Waals surface area (Å²) < 4.78 is 0. The molecule has 0 atom stereocenters. The lowest BCUT2D eigenvalue weighted by atomic mass is 9.69. The minimum Gasteiger partial charge on any atom is -0.378 e. The van der Waals surface area contributed by atoms with E-state index in [9.17, 15) is 5.11 Å². The number of rotatable bonds is 11. The lowest BCUT2D eigenvalue weighted by Crippen LogP contribution is -2.26. The van der Waals surface area contributed by atoms with Crippen LogP contribution in [0.5, 0.6) is 0 Å². The van der Waals surface area contributed by atoms with Crippen molar-refractivity contribution in [1.82, 2.24) is 0 Å². The van der Waals surface area contributed by atoms with E-state index in [0.29, 0.717) is 12.8 Å². The molecule has 0 saturated carbocycles. The molecule has 0 heterocycles. The quantitative estimate of drug-likeness (QED) is 0.197. The largest absolute Gasteiger partial charge is 0.378 e. The maximum Gasteiger partial charge on any atom is 0.125 e. The van der Waals surface area contributed by atoms with Gasteiger partial charge < -0.3 is 5.11 Å². The van der Waals surface area contributed by atoms with Gasteiger partial charge in [0.05, 0.1) is 0 Å². The van der Waals surface area contributed by atoms with Crippen LogP contribution >= 0.6 is 0 Å². The summed E-state index contributed by atoms with van der Waals surface area (Å²) in [5, 5.41) is 11.0. The lowest BCUT2D eigenvalue weighted by Gasteiger charge is -2.34. The predicted molar refractivity (Wildman–Crippen MR) is 169 cm³/mol. The van der Waals surface area contributed by atoms with Crippen LogP contribution in [0.2, 0.25) is 0 Å². The Labute approximate surface area is 238 Å². The van der Waals surface area contributed by atoms with Crippen LogP contribution in [0, 0.1) is 25.7 Å². The highest BCUT2D eigenvalue weighted by Crippen LogP contribution is 2.41. The first-order valence-electron chi connectivity index (χ1n) is 14.8. The number of allylic oxidation sites excluding steroid dienone is 1. The molecule has 3 aromatic rings. The van der Waals surface area contributed by atoms with Crippen LogP contribution in [0.15, 0.2) is 72.8 Å². The van der Waals surface area contributed by atoms with Gasteiger partial charge in [-0.15, -0.1) is 0 Å². The molecule has 3 aromatic carbocycles. The van der Waals surface area contributed by atoms with Gasteiger partial charge in [-0.25, -0.2) is 0 Å². The first-order chi connectivity index (χ1) is 18.6. The average Bonchev–Trinajstić information content (AvgIpc) is 2.90. The van der Waals surface area contributed by atoms with Crippen LogP contribution in [0.25, 0.3) is 11.1 Å². The number of hydrogen-bond acceptors (Lipinski definition) is 1. The summed E-state index contributed by atoms with van der Waals surface area (Å²) in [5.74, 6) is 6.54. The Kier molecular flexibility index (Phi) is 10.4. The highest BCUT2D eigenvalue weighted by molar-refractivity contribution is 5.68. The van der Waals surface area contributed by atoms with Gasteiger partial charge in [0.25, 0.3) is 0 Å². The van der Waals surface area contributed by atoms with Crippen LogP contribution in [-0.2, 0) is 11.8 Å². The third kappa shape index (κ3) is 7.12. The Morgan fingerprint density at radius 2 is 1.36 bits per heavy atom. The SMILES string of the molecule is C=C(C)Cc1ccc(-c2ccc(C(CC)(CC)c3ccc(C#CC(O)(CCC)CCC)c(C)c3)cc2C)cc1. The van der Waals surface area contributed by atoms with E-state index in [1.54, 1.807) is 0 Å². The first-order valence-corrected chi connectivity index (χ1v) is 14.8. The van der Waals surface area contributed by atoms with Crippen LogP contribution in [0.3, 0.4) is 0 Å². The zero-order valence-electron chi connectivity index (χ0n) is 25.4. The summed E-state index contributed by atoms with van der Waals surface area (Å²) in [5.41, 5.74) is 10.3. The Balaban J connectivity index is 1.96. The normalized spacial score (nSPS) is 11.7. The summed E-state index contributed by atoms with van der Waals surface area (Å²) in [6.07, 6.45) is 6.26. The van der Waals surface area contributed by atoms with Crippen molar-refractivity contribution < 1.29 is 5.11 Å². The van der Waals surface area contributed by atoms with Crippen molar-refractivity contribution in [1.29, 1.82) is 0 Å². The molecule has 0 amide bonds. The smallest absolute Gasteiger partial charge is 0.125 e. The van der Waals surface area contributed by atoms with Crippen molar-refractivity contribution in [3.8, 4) is 23.0 Å². The van der Waals surface area contributed by atoms with Crippen molar-refractivity contribution >= 4 is 0 Å². The molecule has 0 aliphatic carbocycles. The van der Waals surface area contributed by atoms with Gasteiger partial charge >= 0.3 is 0 Å². The lowest BCUT2D eigenvalue weighted by molar-refractivity contribution is 0.0807. The molecule has 39 heavy (non-hydrogen) atoms. The molecule has 0 saturated heterocycles. The second-order valence-electron chi connectivity index (χ2n) is 11.5. The molecule has 1 nitrogen and oxygen atoms in total. The van der Waals surface area contributed by atoms with E-state index in [2.05, 4.69) is 128 Å². The maximum absolute atomic E-state index is 11.0. The fraction of sp³-hybridized carbons (Fsp3) is 0.421. The number of hydrogen-bond donors (Lipinski definition) is 1. The van der Waals surface area contributed by atoms with Crippen LogP contribution < -0.4 is 0 Å². The molecular formula is C38H48O. The fourth-order valence-corrected chi connectivity index (χ4v) is 6.03. The molecule has 0 unspecified atom stereocenters.